The molecule has 2 aromatic carbocycles. The lowest BCUT2D eigenvalue weighted by Crippen LogP contribution is -2.51. The molecule has 25 heavy (non-hydrogen) atoms. The van der Waals surface area contributed by atoms with Gasteiger partial charge in [0, 0.05) is 31.2 Å². The molecule has 0 spiro atoms. The van der Waals surface area contributed by atoms with Crippen molar-refractivity contribution < 1.29 is 0 Å². The predicted molar refractivity (Wildman–Crippen MR) is 108 cm³/mol. The Morgan fingerprint density at radius 1 is 0.680 bits per heavy atom. The van der Waals surface area contributed by atoms with Crippen LogP contribution in [0.2, 0.25) is 5.02 Å². The first-order chi connectivity index (χ1) is 12.1. The van der Waals surface area contributed by atoms with Gasteiger partial charge in [-0.2, -0.15) is 0 Å². The van der Waals surface area contributed by atoms with Crippen molar-refractivity contribution in [3.8, 4) is 0 Å². The van der Waals surface area contributed by atoms with Gasteiger partial charge in [-0.1, -0.05) is 54.1 Å². The highest BCUT2D eigenvalue weighted by atomic mass is 35.5. The van der Waals surface area contributed by atoms with Gasteiger partial charge in [0.25, 0.3) is 0 Å². The van der Waals surface area contributed by atoms with Crippen molar-refractivity contribution in [3.63, 3.8) is 0 Å². The van der Waals surface area contributed by atoms with Crippen molar-refractivity contribution in [2.75, 3.05) is 26.2 Å². The summed E-state index contributed by atoms with van der Waals surface area (Å²) in [5.74, 6) is 0. The summed E-state index contributed by atoms with van der Waals surface area (Å²) in [7, 11) is 0. The Kier molecular flexibility index (Phi) is 6.90. The number of rotatable bonds is 5. The molecule has 0 radical (unpaired) electrons. The molecule has 1 saturated heterocycles. The number of benzene rings is 2. The van der Waals surface area contributed by atoms with Gasteiger partial charge in [-0.15, -0.1) is 34.8 Å². The van der Waals surface area contributed by atoms with Crippen LogP contribution in [0.4, 0.5) is 0 Å². The van der Waals surface area contributed by atoms with E-state index in [0.717, 1.165) is 31.2 Å². The Morgan fingerprint density at radius 2 is 1.20 bits per heavy atom. The summed E-state index contributed by atoms with van der Waals surface area (Å²) in [6, 6.07) is 18.8. The van der Waals surface area contributed by atoms with Crippen molar-refractivity contribution in [2.45, 2.75) is 16.4 Å². The molecule has 1 aliphatic heterocycles. The second-order valence-corrected chi connectivity index (χ2v) is 8.19. The number of hydrogen-bond donors (Lipinski definition) is 0. The maximum Gasteiger partial charge on any atom is 0.137 e. The molecule has 1 aliphatic rings. The largest absolute Gasteiger partial charge is 0.290 e. The second kappa shape index (κ2) is 8.94. The molecule has 0 saturated carbocycles. The summed E-state index contributed by atoms with van der Waals surface area (Å²) < 4.78 is 0. The Balaban J connectivity index is 1.81. The van der Waals surface area contributed by atoms with Gasteiger partial charge in [-0.05, 0) is 23.3 Å². The van der Waals surface area contributed by atoms with Crippen LogP contribution in [-0.2, 0) is 0 Å². The minimum atomic E-state index is -0.589. The van der Waals surface area contributed by atoms with Gasteiger partial charge >= 0.3 is 0 Å². The first-order valence-electron chi connectivity index (χ1n) is 8.27. The summed E-state index contributed by atoms with van der Waals surface area (Å²) >= 11 is 24.2. The van der Waals surface area contributed by atoms with E-state index in [1.807, 2.05) is 18.2 Å². The number of alkyl halides is 3. The van der Waals surface area contributed by atoms with Crippen LogP contribution in [0.5, 0.6) is 0 Å². The minimum Gasteiger partial charge on any atom is -0.290 e. The fraction of sp³-hybridized carbons (Fsp3) is 0.368. The smallest absolute Gasteiger partial charge is 0.137 e. The van der Waals surface area contributed by atoms with E-state index in [0.29, 0.717) is 0 Å². The van der Waals surface area contributed by atoms with E-state index < -0.39 is 4.84 Å². The van der Waals surface area contributed by atoms with Gasteiger partial charge in [0.2, 0.25) is 0 Å². The molecule has 134 valence electrons. The van der Waals surface area contributed by atoms with Crippen molar-refractivity contribution in [2.24, 2.45) is 0 Å². The third-order valence-electron chi connectivity index (χ3n) is 4.57. The van der Waals surface area contributed by atoms with Crippen LogP contribution in [0.25, 0.3) is 0 Å². The topological polar surface area (TPSA) is 6.48 Å². The second-order valence-electron chi connectivity index (χ2n) is 6.14. The SMILES string of the molecule is Clc1ccc(C(c2ccccc2)N2CCN(C(Cl)C(Cl)Cl)CC2)cc1. The van der Waals surface area contributed by atoms with E-state index in [1.165, 1.54) is 11.1 Å². The molecular formula is C19H20Cl4N2. The van der Waals surface area contributed by atoms with E-state index in [2.05, 4.69) is 46.2 Å². The van der Waals surface area contributed by atoms with Gasteiger partial charge in [0.1, 0.15) is 10.3 Å². The van der Waals surface area contributed by atoms with Crippen molar-refractivity contribution in [1.82, 2.24) is 9.80 Å². The van der Waals surface area contributed by atoms with Crippen LogP contribution in [-0.4, -0.2) is 46.3 Å². The molecule has 2 aromatic rings. The predicted octanol–water partition coefficient (Wildman–Crippen LogP) is 5.42. The average Bonchev–Trinajstić information content (AvgIpc) is 2.64. The molecule has 1 fully saturated rings. The van der Waals surface area contributed by atoms with E-state index in [9.17, 15) is 0 Å². The molecule has 2 unspecified atom stereocenters. The van der Waals surface area contributed by atoms with Gasteiger partial charge < -0.3 is 0 Å². The van der Waals surface area contributed by atoms with Crippen molar-refractivity contribution in [1.29, 1.82) is 0 Å². The van der Waals surface area contributed by atoms with E-state index in [4.69, 9.17) is 46.4 Å². The van der Waals surface area contributed by atoms with Crippen molar-refractivity contribution in [3.05, 3.63) is 70.7 Å². The lowest BCUT2D eigenvalue weighted by molar-refractivity contribution is 0.103. The number of halogens is 4. The third kappa shape index (κ3) is 4.82. The maximum absolute atomic E-state index is 6.30. The number of nitrogens with zero attached hydrogens (tertiary/aromatic N) is 2. The van der Waals surface area contributed by atoms with Crippen LogP contribution >= 0.6 is 46.4 Å². The molecule has 6 heteroatoms. The van der Waals surface area contributed by atoms with E-state index in [-0.39, 0.29) is 11.5 Å². The zero-order valence-electron chi connectivity index (χ0n) is 13.7. The van der Waals surface area contributed by atoms with Gasteiger partial charge in [0.15, 0.2) is 0 Å². The molecule has 0 aliphatic carbocycles. The number of hydrogen-bond acceptors (Lipinski definition) is 2. The highest BCUT2D eigenvalue weighted by Gasteiger charge is 2.30. The molecule has 1 heterocycles. The lowest BCUT2D eigenvalue weighted by Gasteiger charge is -2.41. The first kappa shape index (κ1) is 19.3. The lowest BCUT2D eigenvalue weighted by atomic mass is 9.96. The highest BCUT2D eigenvalue weighted by molar-refractivity contribution is 6.48. The molecule has 2 nitrogen and oxygen atoms in total. The summed E-state index contributed by atoms with van der Waals surface area (Å²) in [5.41, 5.74) is 2.16. The standard InChI is InChI=1S/C19H20Cl4N2/c20-16-8-6-15(7-9-16)17(14-4-2-1-3-5-14)24-10-12-25(13-11-24)19(23)18(21)22/h1-9,17-19H,10-13H2. The van der Waals surface area contributed by atoms with Gasteiger partial charge in [-0.25, -0.2) is 0 Å². The summed E-state index contributed by atoms with van der Waals surface area (Å²) in [4.78, 5) is 4.01. The van der Waals surface area contributed by atoms with Gasteiger partial charge in [0.05, 0.1) is 6.04 Å². The normalized spacial score (nSPS) is 19.1. The Morgan fingerprint density at radius 3 is 1.76 bits per heavy atom. The minimum absolute atomic E-state index is 0.192. The Labute approximate surface area is 169 Å². The summed E-state index contributed by atoms with van der Waals surface area (Å²) in [5, 5.41) is 0.751. The number of piperazine rings is 1. The summed E-state index contributed by atoms with van der Waals surface area (Å²) in [6.07, 6.45) is 0. The van der Waals surface area contributed by atoms with Crippen LogP contribution < -0.4 is 0 Å². The van der Waals surface area contributed by atoms with Crippen LogP contribution in [0, 0.1) is 0 Å². The molecule has 0 aromatic heterocycles. The molecule has 2 atom stereocenters. The summed E-state index contributed by atoms with van der Waals surface area (Å²) in [6.45, 7) is 3.46. The zero-order chi connectivity index (χ0) is 17.8. The fourth-order valence-corrected chi connectivity index (χ4v) is 3.94. The van der Waals surface area contributed by atoms with E-state index >= 15 is 0 Å². The quantitative estimate of drug-likeness (QED) is 0.473. The highest BCUT2D eigenvalue weighted by Crippen LogP contribution is 2.31. The third-order valence-corrected chi connectivity index (χ3v) is 6.09. The average molecular weight is 418 g/mol. The van der Waals surface area contributed by atoms with Crippen LogP contribution in [0.1, 0.15) is 17.2 Å². The van der Waals surface area contributed by atoms with Crippen molar-refractivity contribution >= 4 is 46.4 Å². The monoisotopic (exact) mass is 416 g/mol. The zero-order valence-corrected chi connectivity index (χ0v) is 16.7. The fourth-order valence-electron chi connectivity index (χ4n) is 3.30. The van der Waals surface area contributed by atoms with Gasteiger partial charge in [-0.3, -0.25) is 9.80 Å². The first-order valence-corrected chi connectivity index (χ1v) is 9.95. The van der Waals surface area contributed by atoms with Crippen LogP contribution in [0.15, 0.2) is 54.6 Å². The van der Waals surface area contributed by atoms with Crippen LogP contribution in [0.3, 0.4) is 0 Å². The Bertz CT molecular complexity index is 655. The molecule has 0 amide bonds. The molecule has 0 bridgehead atoms. The Hall–Kier alpha value is -0.480. The molecular weight excluding hydrogens is 398 g/mol. The maximum atomic E-state index is 6.30. The van der Waals surface area contributed by atoms with E-state index in [1.54, 1.807) is 0 Å². The molecule has 3 rings (SSSR count). The molecule has 0 N–H and O–H groups in total.